The van der Waals surface area contributed by atoms with Gasteiger partial charge in [-0.1, -0.05) is 49.7 Å². The molecule has 0 unspecified atom stereocenters. The maximum absolute atomic E-state index is 12.9. The first kappa shape index (κ1) is 22.7. The molecule has 0 aliphatic carbocycles. The average Bonchev–Trinajstić information content (AvgIpc) is 2.75. The summed E-state index contributed by atoms with van der Waals surface area (Å²) in [5, 5.41) is 3.44. The van der Waals surface area contributed by atoms with E-state index in [1.54, 1.807) is 38.2 Å². The summed E-state index contributed by atoms with van der Waals surface area (Å²) in [6.07, 6.45) is 0. The Morgan fingerprint density at radius 2 is 1.77 bits per heavy atom. The molecule has 1 N–H and O–H groups in total. The Labute approximate surface area is 187 Å². The number of hydrogen-bond acceptors (Lipinski definition) is 4. The molecule has 0 bridgehead atoms. The molecule has 0 saturated carbocycles. The van der Waals surface area contributed by atoms with Gasteiger partial charge in [-0.3, -0.25) is 4.90 Å². The van der Waals surface area contributed by atoms with Crippen molar-refractivity contribution >= 4 is 23.6 Å². The third kappa shape index (κ3) is 5.20. The molecule has 0 fully saturated rings. The molecule has 164 valence electrons. The van der Waals surface area contributed by atoms with Crippen molar-refractivity contribution in [1.82, 2.24) is 10.2 Å². The highest BCUT2D eigenvalue weighted by Crippen LogP contribution is 2.32. The predicted molar refractivity (Wildman–Crippen MR) is 120 cm³/mol. The molecule has 2 amide bonds. The Morgan fingerprint density at radius 3 is 2.35 bits per heavy atom. The Bertz CT molecular complexity index is 968. The van der Waals surface area contributed by atoms with E-state index < -0.39 is 12.0 Å². The maximum Gasteiger partial charge on any atom is 0.338 e. The van der Waals surface area contributed by atoms with Crippen molar-refractivity contribution in [3.8, 4) is 5.75 Å². The van der Waals surface area contributed by atoms with Crippen molar-refractivity contribution in [3.63, 3.8) is 0 Å². The fraction of sp³-hybridized carbons (Fsp3) is 0.333. The summed E-state index contributed by atoms with van der Waals surface area (Å²) in [5.41, 5.74) is 2.73. The van der Waals surface area contributed by atoms with Gasteiger partial charge in [-0.05, 0) is 48.2 Å². The Kier molecular flexibility index (Phi) is 7.23. The molecule has 0 radical (unpaired) electrons. The molecule has 2 aromatic carbocycles. The molecule has 31 heavy (non-hydrogen) atoms. The van der Waals surface area contributed by atoms with Crippen molar-refractivity contribution in [2.24, 2.45) is 0 Å². The van der Waals surface area contributed by atoms with Gasteiger partial charge in [-0.2, -0.15) is 0 Å². The highest BCUT2D eigenvalue weighted by atomic mass is 35.5. The predicted octanol–water partition coefficient (Wildman–Crippen LogP) is 5.06. The van der Waals surface area contributed by atoms with Crippen LogP contribution in [0.3, 0.4) is 0 Å². The number of nitrogens with zero attached hydrogens (tertiary/aromatic N) is 1. The number of likely N-dealkylation sites (N-methyl/N-ethyl adjacent to an activating group) is 1. The SMILES string of the molecule is CCOC(=O)C1=C(COc2ccc(C(C)C)cc2)N(C)C(=O)N[C@@H]1c1ccc(Cl)cc1. The minimum absolute atomic E-state index is 0.0448. The lowest BCUT2D eigenvalue weighted by atomic mass is 9.95. The van der Waals surface area contributed by atoms with Gasteiger partial charge < -0.3 is 14.8 Å². The zero-order valence-electron chi connectivity index (χ0n) is 18.1. The molecule has 1 aliphatic heterocycles. The highest BCUT2D eigenvalue weighted by molar-refractivity contribution is 6.30. The van der Waals surface area contributed by atoms with E-state index in [0.717, 1.165) is 5.56 Å². The monoisotopic (exact) mass is 442 g/mol. The van der Waals surface area contributed by atoms with Crippen LogP contribution in [0.15, 0.2) is 59.8 Å². The van der Waals surface area contributed by atoms with Gasteiger partial charge in [0.15, 0.2) is 0 Å². The number of halogens is 1. The van der Waals surface area contributed by atoms with Crippen molar-refractivity contribution in [2.45, 2.75) is 32.7 Å². The van der Waals surface area contributed by atoms with E-state index in [0.29, 0.717) is 28.0 Å². The Balaban J connectivity index is 1.97. The molecule has 7 heteroatoms. The van der Waals surface area contributed by atoms with Gasteiger partial charge in [0.25, 0.3) is 0 Å². The van der Waals surface area contributed by atoms with Gasteiger partial charge >= 0.3 is 12.0 Å². The molecule has 0 saturated heterocycles. The first-order chi connectivity index (χ1) is 14.8. The molecule has 0 aromatic heterocycles. The first-order valence-corrected chi connectivity index (χ1v) is 10.6. The lowest BCUT2D eigenvalue weighted by Gasteiger charge is -2.34. The smallest absolute Gasteiger partial charge is 0.338 e. The van der Waals surface area contributed by atoms with Gasteiger partial charge in [0.05, 0.1) is 23.9 Å². The van der Waals surface area contributed by atoms with Crippen LogP contribution >= 0.6 is 11.6 Å². The van der Waals surface area contributed by atoms with Crippen LogP contribution in [-0.2, 0) is 9.53 Å². The summed E-state index contributed by atoms with van der Waals surface area (Å²) in [6.45, 7) is 6.26. The second kappa shape index (κ2) is 9.88. The van der Waals surface area contributed by atoms with E-state index in [-0.39, 0.29) is 19.2 Å². The van der Waals surface area contributed by atoms with Gasteiger partial charge in [-0.15, -0.1) is 0 Å². The van der Waals surface area contributed by atoms with Crippen LogP contribution in [0.1, 0.15) is 43.9 Å². The number of amides is 2. The van der Waals surface area contributed by atoms with Crippen LogP contribution in [0.4, 0.5) is 4.79 Å². The minimum Gasteiger partial charge on any atom is -0.487 e. The van der Waals surface area contributed by atoms with E-state index in [2.05, 4.69) is 19.2 Å². The standard InChI is InChI=1S/C24H27ClN2O4/c1-5-30-23(28)21-20(14-31-19-12-8-16(9-13-19)15(2)3)27(4)24(29)26-22(21)17-6-10-18(25)11-7-17/h6-13,15,22H,5,14H2,1-4H3,(H,26,29)/t22-/m1/s1. The van der Waals surface area contributed by atoms with E-state index >= 15 is 0 Å². The second-order valence-corrected chi connectivity index (χ2v) is 8.02. The number of carbonyl (C=O) groups excluding carboxylic acids is 2. The van der Waals surface area contributed by atoms with Gasteiger partial charge in [-0.25, -0.2) is 9.59 Å². The van der Waals surface area contributed by atoms with E-state index in [1.165, 1.54) is 10.5 Å². The van der Waals surface area contributed by atoms with Crippen LogP contribution < -0.4 is 10.1 Å². The highest BCUT2D eigenvalue weighted by Gasteiger charge is 2.37. The molecule has 0 spiro atoms. The largest absolute Gasteiger partial charge is 0.487 e. The van der Waals surface area contributed by atoms with Crippen molar-refractivity contribution in [2.75, 3.05) is 20.3 Å². The summed E-state index contributed by atoms with van der Waals surface area (Å²) in [7, 11) is 1.60. The zero-order valence-corrected chi connectivity index (χ0v) is 18.9. The second-order valence-electron chi connectivity index (χ2n) is 7.59. The molecule has 1 heterocycles. The number of nitrogens with one attached hydrogen (secondary N) is 1. The molecule has 1 aliphatic rings. The van der Waals surface area contributed by atoms with Crippen LogP contribution in [0.25, 0.3) is 0 Å². The summed E-state index contributed by atoms with van der Waals surface area (Å²) in [5.74, 6) is 0.575. The van der Waals surface area contributed by atoms with Crippen molar-refractivity contribution in [1.29, 1.82) is 0 Å². The Morgan fingerprint density at radius 1 is 1.13 bits per heavy atom. The van der Waals surface area contributed by atoms with E-state index in [9.17, 15) is 9.59 Å². The van der Waals surface area contributed by atoms with Gasteiger partial charge in [0.2, 0.25) is 0 Å². The third-order valence-electron chi connectivity index (χ3n) is 5.20. The molecule has 1 atom stereocenters. The normalized spacial score (nSPS) is 16.4. The minimum atomic E-state index is -0.665. The lowest BCUT2D eigenvalue weighted by Crippen LogP contribution is -2.48. The molecular weight excluding hydrogens is 416 g/mol. The fourth-order valence-electron chi connectivity index (χ4n) is 3.39. The summed E-state index contributed by atoms with van der Waals surface area (Å²) in [6, 6.07) is 13.8. The number of ether oxygens (including phenoxy) is 2. The Hall–Kier alpha value is -2.99. The number of rotatable bonds is 7. The topological polar surface area (TPSA) is 67.9 Å². The van der Waals surface area contributed by atoms with E-state index in [4.69, 9.17) is 21.1 Å². The summed E-state index contributed by atoms with van der Waals surface area (Å²) in [4.78, 5) is 27.0. The summed E-state index contributed by atoms with van der Waals surface area (Å²) >= 11 is 6.01. The lowest BCUT2D eigenvalue weighted by molar-refractivity contribution is -0.139. The number of benzene rings is 2. The van der Waals surface area contributed by atoms with Crippen molar-refractivity contribution < 1.29 is 19.1 Å². The van der Waals surface area contributed by atoms with Crippen molar-refractivity contribution in [3.05, 3.63) is 76.0 Å². The maximum atomic E-state index is 12.9. The molecular formula is C24H27ClN2O4. The van der Waals surface area contributed by atoms with Gasteiger partial charge in [0.1, 0.15) is 12.4 Å². The number of urea groups is 1. The van der Waals surface area contributed by atoms with Gasteiger partial charge in [0, 0.05) is 12.1 Å². The molecule has 6 nitrogen and oxygen atoms in total. The van der Waals surface area contributed by atoms with Crippen LogP contribution in [0, 0.1) is 0 Å². The number of carbonyl (C=O) groups is 2. The average molecular weight is 443 g/mol. The van der Waals surface area contributed by atoms with Crippen LogP contribution in [0.2, 0.25) is 5.02 Å². The number of hydrogen-bond donors (Lipinski definition) is 1. The quantitative estimate of drug-likeness (QED) is 0.609. The molecule has 2 aromatic rings. The molecule has 3 rings (SSSR count). The van der Waals surface area contributed by atoms with Crippen LogP contribution in [-0.4, -0.2) is 37.2 Å². The third-order valence-corrected chi connectivity index (χ3v) is 5.45. The van der Waals surface area contributed by atoms with E-state index in [1.807, 2.05) is 24.3 Å². The fourth-order valence-corrected chi connectivity index (χ4v) is 3.51. The number of esters is 1. The summed E-state index contributed by atoms with van der Waals surface area (Å²) < 4.78 is 11.3. The first-order valence-electron chi connectivity index (χ1n) is 10.2. The van der Waals surface area contributed by atoms with Crippen LogP contribution in [0.5, 0.6) is 5.75 Å². The zero-order chi connectivity index (χ0) is 22.5.